The van der Waals surface area contributed by atoms with Crippen LogP contribution in [0, 0.1) is 0 Å². The van der Waals surface area contributed by atoms with E-state index in [2.05, 4.69) is 15.8 Å². The summed E-state index contributed by atoms with van der Waals surface area (Å²) in [5.74, 6) is 0.333. The molecule has 0 fully saturated rings. The molecule has 6 nitrogen and oxygen atoms in total. The molecule has 0 amide bonds. The van der Waals surface area contributed by atoms with Crippen molar-refractivity contribution in [2.45, 2.75) is 6.10 Å². The highest BCUT2D eigenvalue weighted by Gasteiger charge is 2.11. The lowest BCUT2D eigenvalue weighted by molar-refractivity contribution is 0.0602. The zero-order chi connectivity index (χ0) is 11.1. The molecular formula is C9H15N3O3. The molecule has 0 radical (unpaired) electrons. The molecule has 0 aliphatic heterocycles. The van der Waals surface area contributed by atoms with Gasteiger partial charge in [-0.15, -0.1) is 0 Å². The highest BCUT2D eigenvalue weighted by atomic mass is 16.5. The average molecular weight is 213 g/mol. The number of hydrogen-bond acceptors (Lipinski definition) is 6. The van der Waals surface area contributed by atoms with Crippen molar-refractivity contribution in [1.29, 1.82) is 0 Å². The van der Waals surface area contributed by atoms with Crippen LogP contribution < -0.4 is 15.6 Å². The summed E-state index contributed by atoms with van der Waals surface area (Å²) >= 11 is 0. The predicted molar refractivity (Wildman–Crippen MR) is 55.5 cm³/mol. The van der Waals surface area contributed by atoms with Gasteiger partial charge in [-0.05, 0) is 12.1 Å². The summed E-state index contributed by atoms with van der Waals surface area (Å²) in [5.41, 5.74) is 6.21. The van der Waals surface area contributed by atoms with Gasteiger partial charge in [0.05, 0.1) is 13.2 Å². The Hall–Kier alpha value is -1.37. The Morgan fingerprint density at radius 2 is 2.20 bits per heavy atom. The van der Waals surface area contributed by atoms with Gasteiger partial charge in [-0.25, -0.2) is 10.4 Å². The van der Waals surface area contributed by atoms with Crippen LogP contribution in [-0.2, 0) is 0 Å². The van der Waals surface area contributed by atoms with Crippen LogP contribution in [-0.4, -0.2) is 41.6 Å². The minimum Gasteiger partial charge on any atom is -0.468 e. The van der Waals surface area contributed by atoms with Crippen molar-refractivity contribution in [3.63, 3.8) is 0 Å². The first-order valence-electron chi connectivity index (χ1n) is 4.58. The molecule has 0 unspecified atom stereocenters. The average Bonchev–Trinajstić information content (AvgIpc) is 2.28. The van der Waals surface area contributed by atoms with Crippen LogP contribution in [0.3, 0.4) is 0 Å². The van der Waals surface area contributed by atoms with Gasteiger partial charge in [0, 0.05) is 13.2 Å². The summed E-state index contributed by atoms with van der Waals surface area (Å²) in [6.07, 6.45) is 0.916. The van der Waals surface area contributed by atoms with E-state index in [-0.39, 0.29) is 13.2 Å². The van der Waals surface area contributed by atoms with Crippen molar-refractivity contribution < 1.29 is 14.9 Å². The van der Waals surface area contributed by atoms with E-state index in [1.54, 1.807) is 25.4 Å². The van der Waals surface area contributed by atoms with Crippen LogP contribution in [0.5, 0.6) is 5.88 Å². The van der Waals surface area contributed by atoms with Crippen LogP contribution in [0.25, 0.3) is 0 Å². The number of aliphatic hydroxyl groups is 2. The molecule has 0 aromatic carbocycles. The van der Waals surface area contributed by atoms with Gasteiger partial charge >= 0.3 is 0 Å². The lowest BCUT2D eigenvalue weighted by atomic mass is 10.4. The van der Waals surface area contributed by atoms with E-state index in [1.165, 1.54) is 0 Å². The molecule has 0 spiro atoms. The maximum Gasteiger partial charge on any atom is 0.239 e. The van der Waals surface area contributed by atoms with Gasteiger partial charge in [-0.1, -0.05) is 0 Å². The van der Waals surface area contributed by atoms with Crippen molar-refractivity contribution in [1.82, 2.24) is 10.4 Å². The fourth-order valence-corrected chi connectivity index (χ4v) is 1.00. The first-order valence-corrected chi connectivity index (χ1v) is 4.58. The van der Waals surface area contributed by atoms with E-state index < -0.39 is 6.10 Å². The first kappa shape index (κ1) is 11.7. The van der Waals surface area contributed by atoms with Gasteiger partial charge in [-0.2, -0.15) is 0 Å². The zero-order valence-corrected chi connectivity index (χ0v) is 8.47. The molecule has 0 saturated carbocycles. The molecule has 1 heterocycles. The largest absolute Gasteiger partial charge is 0.468 e. The minimum atomic E-state index is -0.655. The molecule has 15 heavy (non-hydrogen) atoms. The lowest BCUT2D eigenvalue weighted by Gasteiger charge is -2.16. The van der Waals surface area contributed by atoms with E-state index in [4.69, 9.17) is 14.9 Å². The number of hydrogen-bond donors (Lipinski definition) is 4. The molecule has 6 heteroatoms. The van der Waals surface area contributed by atoms with Crippen LogP contribution >= 0.6 is 0 Å². The Balaban J connectivity index is 2.73. The van der Waals surface area contributed by atoms with Crippen LogP contribution in [0.2, 0.25) is 0 Å². The van der Waals surface area contributed by atoms with Crippen molar-refractivity contribution in [3.8, 4) is 5.88 Å². The number of aliphatic hydroxyl groups excluding tert-OH is 2. The third kappa shape index (κ3) is 3.35. The number of ether oxygens (including phenoxy) is 1. The Morgan fingerprint density at radius 3 is 2.80 bits per heavy atom. The minimum absolute atomic E-state index is 0.258. The fourth-order valence-electron chi connectivity index (χ4n) is 1.00. The second-order valence-corrected chi connectivity index (χ2v) is 2.84. The standard InChI is InChI=1S/C9H15N3O3/c1-10-12-8-3-2-4-11-9(8)15-7(5-13)6-14/h2-4,7,10,12-14H,5-6H2,1H3. The fraction of sp³-hybridized carbons (Fsp3) is 0.444. The predicted octanol–water partition coefficient (Wildman–Crippen LogP) is -0.640. The Kier molecular flexibility index (Phi) is 4.82. The summed E-state index contributed by atoms with van der Waals surface area (Å²) in [5, 5.41) is 17.7. The molecule has 1 rings (SSSR count). The third-order valence-electron chi connectivity index (χ3n) is 1.72. The van der Waals surface area contributed by atoms with Crippen molar-refractivity contribution in [2.24, 2.45) is 0 Å². The molecule has 1 aromatic heterocycles. The number of nitrogens with zero attached hydrogens (tertiary/aromatic N) is 1. The van der Waals surface area contributed by atoms with E-state index in [0.717, 1.165) is 0 Å². The molecule has 0 aliphatic carbocycles. The SMILES string of the molecule is CNNc1cccnc1OC(CO)CO. The Morgan fingerprint density at radius 1 is 1.47 bits per heavy atom. The van der Waals surface area contributed by atoms with Gasteiger partial charge < -0.3 is 20.4 Å². The van der Waals surface area contributed by atoms with Gasteiger partial charge in [-0.3, -0.25) is 0 Å². The molecule has 4 N–H and O–H groups in total. The van der Waals surface area contributed by atoms with Crippen LogP contribution in [0.15, 0.2) is 18.3 Å². The summed E-state index contributed by atoms with van der Waals surface area (Å²) in [6, 6.07) is 3.52. The number of hydrazine groups is 1. The number of rotatable bonds is 6. The smallest absolute Gasteiger partial charge is 0.239 e. The molecule has 0 bridgehead atoms. The van der Waals surface area contributed by atoms with Crippen molar-refractivity contribution >= 4 is 5.69 Å². The summed E-state index contributed by atoms with van der Waals surface area (Å²) in [7, 11) is 1.71. The molecule has 0 aliphatic rings. The van der Waals surface area contributed by atoms with Crippen LogP contribution in [0.1, 0.15) is 0 Å². The third-order valence-corrected chi connectivity index (χ3v) is 1.72. The maximum atomic E-state index is 8.86. The van der Waals surface area contributed by atoms with Crippen molar-refractivity contribution in [3.05, 3.63) is 18.3 Å². The van der Waals surface area contributed by atoms with E-state index in [0.29, 0.717) is 11.6 Å². The van der Waals surface area contributed by atoms with E-state index in [9.17, 15) is 0 Å². The van der Waals surface area contributed by atoms with Gasteiger partial charge in [0.1, 0.15) is 11.8 Å². The lowest BCUT2D eigenvalue weighted by Crippen LogP contribution is -2.26. The number of anilines is 1. The Labute approximate surface area is 87.9 Å². The molecule has 0 atom stereocenters. The number of nitrogens with one attached hydrogen (secondary N) is 2. The van der Waals surface area contributed by atoms with E-state index in [1.807, 2.05) is 0 Å². The Bertz CT molecular complexity index is 292. The summed E-state index contributed by atoms with van der Waals surface area (Å²) in [4.78, 5) is 3.99. The maximum absolute atomic E-state index is 8.86. The highest BCUT2D eigenvalue weighted by molar-refractivity contribution is 5.51. The zero-order valence-electron chi connectivity index (χ0n) is 8.47. The number of pyridine rings is 1. The second kappa shape index (κ2) is 6.18. The summed E-state index contributed by atoms with van der Waals surface area (Å²) < 4.78 is 5.28. The normalized spacial score (nSPS) is 10.4. The first-order chi connectivity index (χ1) is 7.31. The molecule has 84 valence electrons. The highest BCUT2D eigenvalue weighted by Crippen LogP contribution is 2.20. The second-order valence-electron chi connectivity index (χ2n) is 2.84. The van der Waals surface area contributed by atoms with Crippen molar-refractivity contribution in [2.75, 3.05) is 25.7 Å². The van der Waals surface area contributed by atoms with E-state index >= 15 is 0 Å². The monoisotopic (exact) mass is 213 g/mol. The van der Waals surface area contributed by atoms with Crippen LogP contribution in [0.4, 0.5) is 5.69 Å². The molecule has 1 aromatic rings. The summed E-state index contributed by atoms with van der Waals surface area (Å²) in [6.45, 7) is -0.516. The quantitative estimate of drug-likeness (QED) is 0.470. The molecular weight excluding hydrogens is 198 g/mol. The number of aromatic nitrogens is 1. The van der Waals surface area contributed by atoms with Gasteiger partial charge in [0.15, 0.2) is 0 Å². The topological polar surface area (TPSA) is 86.6 Å². The van der Waals surface area contributed by atoms with Gasteiger partial charge in [0.25, 0.3) is 0 Å². The molecule has 0 saturated heterocycles. The van der Waals surface area contributed by atoms with Gasteiger partial charge in [0.2, 0.25) is 5.88 Å².